The van der Waals surface area contributed by atoms with E-state index in [0.29, 0.717) is 0 Å². The molecular weight excluding hydrogens is 224 g/mol. The maximum atomic E-state index is 11.9. The van der Waals surface area contributed by atoms with Crippen molar-refractivity contribution in [3.63, 3.8) is 0 Å². The summed E-state index contributed by atoms with van der Waals surface area (Å²) in [5.41, 5.74) is 0.955. The van der Waals surface area contributed by atoms with Crippen LogP contribution in [0.3, 0.4) is 0 Å². The summed E-state index contributed by atoms with van der Waals surface area (Å²) in [6, 6.07) is 6.84. The fourth-order valence-electron chi connectivity index (χ4n) is 1.41. The second-order valence-electron chi connectivity index (χ2n) is 3.65. The highest BCUT2D eigenvalue weighted by atomic mass is 19.3. The molecule has 0 saturated heterocycles. The highest BCUT2D eigenvalue weighted by molar-refractivity contribution is 5.51. The molecular formula is C13H17F2NO. The summed E-state index contributed by atoms with van der Waals surface area (Å²) in [6.07, 6.45) is 3.96. The van der Waals surface area contributed by atoms with Crippen molar-refractivity contribution in [2.24, 2.45) is 0 Å². The Labute approximate surface area is 100 Å². The summed E-state index contributed by atoms with van der Waals surface area (Å²) in [7, 11) is 0. The molecule has 0 fully saturated rings. The lowest BCUT2D eigenvalue weighted by atomic mass is 10.2. The lowest BCUT2D eigenvalue weighted by molar-refractivity contribution is -0.0498. The lowest BCUT2D eigenvalue weighted by Gasteiger charge is -2.06. The molecule has 0 aliphatic heterocycles. The van der Waals surface area contributed by atoms with Crippen molar-refractivity contribution >= 4 is 6.08 Å². The predicted molar refractivity (Wildman–Crippen MR) is 65.2 cm³/mol. The molecule has 0 saturated carbocycles. The van der Waals surface area contributed by atoms with Crippen LogP contribution in [0.25, 0.3) is 6.08 Å². The van der Waals surface area contributed by atoms with E-state index in [9.17, 15) is 8.78 Å². The van der Waals surface area contributed by atoms with Crippen molar-refractivity contribution in [1.29, 1.82) is 0 Å². The molecule has 1 N–H and O–H groups in total. The number of rotatable bonds is 6. The summed E-state index contributed by atoms with van der Waals surface area (Å²) in [5, 5.41) is 3.24. The molecule has 0 heterocycles. The zero-order valence-electron chi connectivity index (χ0n) is 9.99. The minimum absolute atomic E-state index is 0.178. The van der Waals surface area contributed by atoms with Crippen LogP contribution in [0.2, 0.25) is 0 Å². The second-order valence-corrected chi connectivity index (χ2v) is 3.65. The van der Waals surface area contributed by atoms with Gasteiger partial charge in [-0.2, -0.15) is 8.78 Å². The van der Waals surface area contributed by atoms with Gasteiger partial charge < -0.3 is 10.1 Å². The molecule has 94 valence electrons. The van der Waals surface area contributed by atoms with Crippen molar-refractivity contribution in [3.8, 4) is 5.75 Å². The van der Waals surface area contributed by atoms with Crippen molar-refractivity contribution in [2.75, 3.05) is 6.54 Å². The zero-order chi connectivity index (χ0) is 12.7. The second kappa shape index (κ2) is 7.01. The Morgan fingerprint density at radius 1 is 1.29 bits per heavy atom. The SMILES string of the molecule is CCNC(C)/C=C/c1ccc(OC(F)F)cc1. The van der Waals surface area contributed by atoms with Crippen LogP contribution < -0.4 is 10.1 Å². The van der Waals surface area contributed by atoms with Gasteiger partial charge in [0.2, 0.25) is 0 Å². The number of halogens is 2. The van der Waals surface area contributed by atoms with E-state index < -0.39 is 6.61 Å². The molecule has 1 atom stereocenters. The topological polar surface area (TPSA) is 21.3 Å². The summed E-state index contributed by atoms with van der Waals surface area (Å²) in [4.78, 5) is 0. The maximum absolute atomic E-state index is 11.9. The van der Waals surface area contributed by atoms with Gasteiger partial charge in [-0.3, -0.25) is 0 Å². The maximum Gasteiger partial charge on any atom is 0.387 e. The van der Waals surface area contributed by atoms with Crippen LogP contribution in [0.15, 0.2) is 30.3 Å². The van der Waals surface area contributed by atoms with Crippen LogP contribution in [-0.4, -0.2) is 19.2 Å². The fraction of sp³-hybridized carbons (Fsp3) is 0.385. The van der Waals surface area contributed by atoms with E-state index in [-0.39, 0.29) is 11.8 Å². The summed E-state index contributed by atoms with van der Waals surface area (Å²) < 4.78 is 28.1. The van der Waals surface area contributed by atoms with E-state index in [1.165, 1.54) is 12.1 Å². The van der Waals surface area contributed by atoms with E-state index in [4.69, 9.17) is 0 Å². The highest BCUT2D eigenvalue weighted by Crippen LogP contribution is 2.15. The fourth-order valence-corrected chi connectivity index (χ4v) is 1.41. The summed E-state index contributed by atoms with van der Waals surface area (Å²) >= 11 is 0. The molecule has 0 aromatic heterocycles. The Balaban J connectivity index is 2.56. The van der Waals surface area contributed by atoms with Gasteiger partial charge in [0.25, 0.3) is 0 Å². The minimum Gasteiger partial charge on any atom is -0.435 e. The zero-order valence-corrected chi connectivity index (χ0v) is 9.99. The van der Waals surface area contributed by atoms with Gasteiger partial charge >= 0.3 is 6.61 Å². The Morgan fingerprint density at radius 2 is 1.94 bits per heavy atom. The number of hydrogen-bond donors (Lipinski definition) is 1. The Kier molecular flexibility index (Phi) is 5.63. The van der Waals surface area contributed by atoms with Crippen LogP contribution in [0, 0.1) is 0 Å². The highest BCUT2D eigenvalue weighted by Gasteiger charge is 2.02. The molecule has 1 aromatic carbocycles. The standard InChI is InChI=1S/C13H17F2NO/c1-3-16-10(2)4-5-11-6-8-12(9-7-11)17-13(14)15/h4-10,13,16H,3H2,1-2H3/b5-4+. The first-order valence-corrected chi connectivity index (χ1v) is 5.58. The van der Waals surface area contributed by atoms with Crippen LogP contribution >= 0.6 is 0 Å². The van der Waals surface area contributed by atoms with Gasteiger partial charge in [-0.05, 0) is 31.2 Å². The van der Waals surface area contributed by atoms with E-state index in [1.54, 1.807) is 12.1 Å². The molecule has 1 aromatic rings. The molecule has 1 rings (SSSR count). The third kappa shape index (κ3) is 5.45. The van der Waals surface area contributed by atoms with Crippen molar-refractivity contribution in [3.05, 3.63) is 35.9 Å². The van der Waals surface area contributed by atoms with E-state index in [0.717, 1.165) is 12.1 Å². The van der Waals surface area contributed by atoms with Gasteiger partial charge in [0.1, 0.15) is 5.75 Å². The average molecular weight is 241 g/mol. The van der Waals surface area contributed by atoms with Crippen LogP contribution in [0.5, 0.6) is 5.75 Å². The van der Waals surface area contributed by atoms with Gasteiger partial charge in [0, 0.05) is 6.04 Å². The molecule has 4 heteroatoms. The number of hydrogen-bond acceptors (Lipinski definition) is 2. The first-order chi connectivity index (χ1) is 8.11. The van der Waals surface area contributed by atoms with Crippen LogP contribution in [-0.2, 0) is 0 Å². The largest absolute Gasteiger partial charge is 0.435 e. The number of alkyl halides is 2. The molecule has 0 aliphatic carbocycles. The van der Waals surface area contributed by atoms with Gasteiger partial charge in [-0.15, -0.1) is 0 Å². The molecule has 17 heavy (non-hydrogen) atoms. The quantitative estimate of drug-likeness (QED) is 0.825. The smallest absolute Gasteiger partial charge is 0.387 e. The third-order valence-electron chi connectivity index (χ3n) is 2.21. The normalized spacial score (nSPS) is 13.2. The molecule has 1 unspecified atom stereocenters. The summed E-state index contributed by atoms with van der Waals surface area (Å²) in [6.45, 7) is 2.23. The summed E-state index contributed by atoms with van der Waals surface area (Å²) in [5.74, 6) is 0.178. The number of nitrogens with one attached hydrogen (secondary N) is 1. The molecule has 2 nitrogen and oxygen atoms in total. The number of ether oxygens (including phenoxy) is 1. The molecule has 0 amide bonds. The van der Waals surface area contributed by atoms with E-state index >= 15 is 0 Å². The monoisotopic (exact) mass is 241 g/mol. The van der Waals surface area contributed by atoms with E-state index in [2.05, 4.69) is 10.1 Å². The van der Waals surface area contributed by atoms with Gasteiger partial charge in [-0.25, -0.2) is 0 Å². The minimum atomic E-state index is -2.77. The van der Waals surface area contributed by atoms with Gasteiger partial charge in [0.05, 0.1) is 0 Å². The van der Waals surface area contributed by atoms with Gasteiger partial charge in [-0.1, -0.05) is 31.2 Å². The lowest BCUT2D eigenvalue weighted by Crippen LogP contribution is -2.22. The van der Waals surface area contributed by atoms with Crippen LogP contribution in [0.1, 0.15) is 19.4 Å². The Morgan fingerprint density at radius 3 is 2.47 bits per heavy atom. The average Bonchev–Trinajstić information content (AvgIpc) is 2.28. The molecule has 0 bridgehead atoms. The Hall–Kier alpha value is -1.42. The number of benzene rings is 1. The first-order valence-electron chi connectivity index (χ1n) is 5.58. The molecule has 0 spiro atoms. The molecule has 0 radical (unpaired) electrons. The number of likely N-dealkylation sites (N-methyl/N-ethyl adjacent to an activating group) is 1. The Bertz CT molecular complexity index is 349. The van der Waals surface area contributed by atoms with Crippen molar-refractivity contribution in [1.82, 2.24) is 5.32 Å². The predicted octanol–water partition coefficient (Wildman–Crippen LogP) is 3.30. The molecule has 0 aliphatic rings. The van der Waals surface area contributed by atoms with E-state index in [1.807, 2.05) is 26.0 Å². The van der Waals surface area contributed by atoms with Crippen LogP contribution in [0.4, 0.5) is 8.78 Å². The third-order valence-corrected chi connectivity index (χ3v) is 2.21. The van der Waals surface area contributed by atoms with Gasteiger partial charge in [0.15, 0.2) is 0 Å². The van der Waals surface area contributed by atoms with Crippen molar-refractivity contribution < 1.29 is 13.5 Å². The first kappa shape index (κ1) is 13.6. The van der Waals surface area contributed by atoms with Crippen molar-refractivity contribution in [2.45, 2.75) is 26.5 Å².